The maximum Gasteiger partial charge on any atom is 0.160 e. The zero-order valence-electron chi connectivity index (χ0n) is 30.0. The van der Waals surface area contributed by atoms with Crippen LogP contribution >= 0.6 is 0 Å². The van der Waals surface area contributed by atoms with Crippen LogP contribution in [0.15, 0.2) is 174 Å². The third kappa shape index (κ3) is 4.68. The van der Waals surface area contributed by atoms with Gasteiger partial charge in [0.15, 0.2) is 5.82 Å². The molecule has 1 aliphatic carbocycles. The molecule has 254 valence electrons. The largest absolute Gasteiger partial charge is 0.455 e. The molecule has 3 nitrogen and oxygen atoms in total. The maximum absolute atomic E-state index is 6.45. The van der Waals surface area contributed by atoms with E-state index in [1.807, 2.05) is 18.2 Å². The third-order valence-corrected chi connectivity index (χ3v) is 11.5. The van der Waals surface area contributed by atoms with Crippen LogP contribution in [0.4, 0.5) is 0 Å². The molecule has 10 aromatic rings. The Morgan fingerprint density at radius 1 is 0.426 bits per heavy atom. The van der Waals surface area contributed by atoms with Crippen LogP contribution in [0.3, 0.4) is 0 Å². The molecular weight excluding hydrogens is 657 g/mol. The first-order valence-electron chi connectivity index (χ1n) is 18.6. The van der Waals surface area contributed by atoms with E-state index in [0.717, 1.165) is 55.4 Å². The normalized spacial score (nSPS) is 13.1. The number of hydrogen-bond donors (Lipinski definition) is 0. The van der Waals surface area contributed by atoms with Crippen molar-refractivity contribution in [2.24, 2.45) is 0 Å². The second-order valence-electron chi connectivity index (χ2n) is 15.0. The monoisotopic (exact) mass is 690 g/mol. The summed E-state index contributed by atoms with van der Waals surface area (Å²) in [6, 6.07) is 60.6. The van der Waals surface area contributed by atoms with Gasteiger partial charge in [-0.25, -0.2) is 9.97 Å². The Hall–Kier alpha value is -6.84. The van der Waals surface area contributed by atoms with Crippen LogP contribution in [0.1, 0.15) is 25.0 Å². The minimum atomic E-state index is -0.108. The molecule has 54 heavy (non-hydrogen) atoms. The van der Waals surface area contributed by atoms with Crippen LogP contribution in [0, 0.1) is 0 Å². The zero-order chi connectivity index (χ0) is 36.0. The first-order valence-corrected chi connectivity index (χ1v) is 18.6. The van der Waals surface area contributed by atoms with Crippen LogP contribution in [0.2, 0.25) is 0 Å². The van der Waals surface area contributed by atoms with Gasteiger partial charge in [-0.15, -0.1) is 0 Å². The maximum atomic E-state index is 6.45. The molecule has 1 aliphatic rings. The molecular formula is C51H34N2O. The highest BCUT2D eigenvalue weighted by Gasteiger charge is 2.37. The number of fused-ring (bicyclic) bond motifs is 9. The Kier molecular flexibility index (Phi) is 6.60. The minimum Gasteiger partial charge on any atom is -0.455 e. The van der Waals surface area contributed by atoms with Crippen LogP contribution in [0.25, 0.3) is 99.6 Å². The summed E-state index contributed by atoms with van der Waals surface area (Å²) < 4.78 is 6.45. The van der Waals surface area contributed by atoms with E-state index in [9.17, 15) is 0 Å². The number of furan rings is 1. The summed E-state index contributed by atoms with van der Waals surface area (Å²) in [7, 11) is 0. The van der Waals surface area contributed by atoms with Crippen molar-refractivity contribution in [3.05, 3.63) is 181 Å². The van der Waals surface area contributed by atoms with Crippen molar-refractivity contribution in [2.75, 3.05) is 0 Å². The second-order valence-corrected chi connectivity index (χ2v) is 15.0. The smallest absolute Gasteiger partial charge is 0.160 e. The van der Waals surface area contributed by atoms with Crippen molar-refractivity contribution < 1.29 is 4.42 Å². The fourth-order valence-corrected chi connectivity index (χ4v) is 8.68. The predicted molar refractivity (Wildman–Crippen MR) is 224 cm³/mol. The molecule has 0 bridgehead atoms. The van der Waals surface area contributed by atoms with Crippen molar-refractivity contribution in [3.8, 4) is 56.2 Å². The fourth-order valence-electron chi connectivity index (χ4n) is 8.68. The lowest BCUT2D eigenvalue weighted by Crippen LogP contribution is -2.14. The van der Waals surface area contributed by atoms with Crippen molar-refractivity contribution in [2.45, 2.75) is 19.3 Å². The Balaban J connectivity index is 1.07. The summed E-state index contributed by atoms with van der Waals surface area (Å²) in [6.07, 6.45) is 0. The Labute approximate surface area is 313 Å². The Bertz CT molecular complexity index is 3130. The highest BCUT2D eigenvalue weighted by molar-refractivity contribution is 6.15. The molecule has 8 aromatic carbocycles. The van der Waals surface area contributed by atoms with Crippen molar-refractivity contribution in [1.29, 1.82) is 0 Å². The van der Waals surface area contributed by atoms with Gasteiger partial charge in [-0.05, 0) is 98.1 Å². The summed E-state index contributed by atoms with van der Waals surface area (Å²) in [5.74, 6) is 0.694. The third-order valence-electron chi connectivity index (χ3n) is 11.5. The van der Waals surface area contributed by atoms with Gasteiger partial charge in [0.2, 0.25) is 0 Å². The Morgan fingerprint density at radius 2 is 1.11 bits per heavy atom. The van der Waals surface area contributed by atoms with Gasteiger partial charge in [-0.1, -0.05) is 135 Å². The fraction of sp³-hybridized carbons (Fsp3) is 0.0588. The quantitative estimate of drug-likeness (QED) is 0.184. The van der Waals surface area contributed by atoms with E-state index in [0.29, 0.717) is 5.82 Å². The van der Waals surface area contributed by atoms with Crippen LogP contribution < -0.4 is 0 Å². The zero-order valence-corrected chi connectivity index (χ0v) is 30.0. The van der Waals surface area contributed by atoms with E-state index in [1.165, 1.54) is 49.5 Å². The summed E-state index contributed by atoms with van der Waals surface area (Å²) in [4.78, 5) is 10.4. The second kappa shape index (κ2) is 11.6. The standard InChI is InChI=1S/C51H34N2O/c1-51(2)43-21-11-20-38(48(43)42-27-33-15-6-7-16-34(33)29-44(42)51)35-17-10-18-36(26-35)45-30-46(53-50(52-45)32-13-4-3-5-14-32)37-23-25-47-41(28-37)40-24-22-31-12-8-9-19-39(31)49(40)54-47/h3-30H,1-2H3. The summed E-state index contributed by atoms with van der Waals surface area (Å²) in [6.45, 7) is 4.71. The molecule has 0 N–H and O–H groups in total. The lowest BCUT2D eigenvalue weighted by Gasteiger charge is -2.22. The number of benzene rings is 8. The SMILES string of the molecule is CC1(C)c2cc3ccccc3cc2-c2c(-c3cccc(-c4cc(-c5ccc6oc7c8ccccc8ccc7c6c5)nc(-c5ccccc5)n4)c3)cccc21. The first kappa shape index (κ1) is 30.8. The molecule has 0 atom stereocenters. The molecule has 0 saturated carbocycles. The highest BCUT2D eigenvalue weighted by Crippen LogP contribution is 2.53. The van der Waals surface area contributed by atoms with Crippen LogP contribution in [-0.4, -0.2) is 9.97 Å². The predicted octanol–water partition coefficient (Wildman–Crippen LogP) is 13.7. The lowest BCUT2D eigenvalue weighted by atomic mass is 9.81. The number of hydrogen-bond acceptors (Lipinski definition) is 3. The van der Waals surface area contributed by atoms with Crippen LogP contribution in [-0.2, 0) is 5.41 Å². The molecule has 0 saturated heterocycles. The van der Waals surface area contributed by atoms with E-state index in [1.54, 1.807) is 0 Å². The van der Waals surface area contributed by atoms with E-state index in [-0.39, 0.29) is 5.41 Å². The van der Waals surface area contributed by atoms with Gasteiger partial charge in [0, 0.05) is 38.3 Å². The molecule has 0 aliphatic heterocycles. The minimum absolute atomic E-state index is 0.108. The van der Waals surface area contributed by atoms with Gasteiger partial charge in [0.25, 0.3) is 0 Å². The van der Waals surface area contributed by atoms with Gasteiger partial charge < -0.3 is 4.42 Å². The molecule has 11 rings (SSSR count). The average Bonchev–Trinajstić information content (AvgIpc) is 3.71. The number of nitrogens with zero attached hydrogens (tertiary/aromatic N) is 2. The molecule has 0 amide bonds. The summed E-state index contributed by atoms with van der Waals surface area (Å²) in [5.41, 5.74) is 14.2. The van der Waals surface area contributed by atoms with E-state index >= 15 is 0 Å². The molecule has 2 heterocycles. The highest BCUT2D eigenvalue weighted by atomic mass is 16.3. The molecule has 0 fully saturated rings. The van der Waals surface area contributed by atoms with E-state index < -0.39 is 0 Å². The lowest BCUT2D eigenvalue weighted by molar-refractivity contribution is 0.661. The molecule has 0 spiro atoms. The Morgan fingerprint density at radius 3 is 1.94 bits per heavy atom. The van der Waals surface area contributed by atoms with Gasteiger partial charge in [0.1, 0.15) is 11.2 Å². The van der Waals surface area contributed by atoms with Crippen molar-refractivity contribution >= 4 is 43.5 Å². The van der Waals surface area contributed by atoms with Gasteiger partial charge in [-0.2, -0.15) is 0 Å². The van der Waals surface area contributed by atoms with Crippen LogP contribution in [0.5, 0.6) is 0 Å². The topological polar surface area (TPSA) is 38.9 Å². The first-order chi connectivity index (χ1) is 26.5. The van der Waals surface area contributed by atoms with Crippen molar-refractivity contribution in [1.82, 2.24) is 9.97 Å². The van der Waals surface area contributed by atoms with E-state index in [4.69, 9.17) is 14.4 Å². The van der Waals surface area contributed by atoms with Crippen molar-refractivity contribution in [3.63, 3.8) is 0 Å². The van der Waals surface area contributed by atoms with Gasteiger partial charge >= 0.3 is 0 Å². The molecule has 2 aromatic heterocycles. The average molecular weight is 691 g/mol. The molecule has 0 radical (unpaired) electrons. The van der Waals surface area contributed by atoms with Gasteiger partial charge in [-0.3, -0.25) is 0 Å². The van der Waals surface area contributed by atoms with Gasteiger partial charge in [0.05, 0.1) is 11.4 Å². The summed E-state index contributed by atoms with van der Waals surface area (Å²) >= 11 is 0. The molecule has 0 unspecified atom stereocenters. The number of aromatic nitrogens is 2. The summed E-state index contributed by atoms with van der Waals surface area (Å²) in [5, 5.41) is 7.01. The number of rotatable bonds is 4. The molecule has 3 heteroatoms. The van der Waals surface area contributed by atoms with E-state index in [2.05, 4.69) is 166 Å².